The maximum Gasteiger partial charge on any atom is 0.407 e. The standard InChI is InChI=1S/C32H45N3O9S/c1-32(2,13-7-14-33)21-35(45(38,39)28-11-6-10-26-29(28)41-17-16-40-26)19-25(36)24(18-22-8-4-3-5-9-22)34-31(37)44-27-20-43-30-23(27)12-15-42-30/h3-6,8-11,23-25,27,30,36H,7,12-21,33H2,1-2H3,(H,34,37)/t23-,24-,25+,27-,30+/m0/s1. The molecule has 248 valence electrons. The van der Waals surface area contributed by atoms with Crippen molar-refractivity contribution in [2.45, 2.75) is 69.0 Å². The van der Waals surface area contributed by atoms with Crippen molar-refractivity contribution in [1.82, 2.24) is 9.62 Å². The molecule has 0 bridgehead atoms. The second-order valence-corrected chi connectivity index (χ2v) is 14.5. The van der Waals surface area contributed by atoms with Gasteiger partial charge in [0.25, 0.3) is 0 Å². The van der Waals surface area contributed by atoms with Gasteiger partial charge in [0.1, 0.15) is 24.2 Å². The minimum absolute atomic E-state index is 0.0388. The first-order chi connectivity index (χ1) is 21.6. The number of alkyl carbamates (subject to hydrolysis) is 1. The monoisotopic (exact) mass is 647 g/mol. The molecule has 0 aromatic heterocycles. The smallest absolute Gasteiger partial charge is 0.407 e. The van der Waals surface area contributed by atoms with Crippen LogP contribution in [0.4, 0.5) is 4.79 Å². The number of nitrogens with one attached hydrogen (secondary N) is 1. The van der Waals surface area contributed by atoms with Crippen molar-refractivity contribution in [3.05, 3.63) is 54.1 Å². The normalized spacial score (nSPS) is 22.6. The second-order valence-electron chi connectivity index (χ2n) is 12.6. The van der Waals surface area contributed by atoms with Crippen LogP contribution in [-0.4, -0.2) is 94.5 Å². The van der Waals surface area contributed by atoms with Crippen molar-refractivity contribution >= 4 is 16.1 Å². The molecule has 2 aromatic rings. The highest BCUT2D eigenvalue weighted by atomic mass is 32.2. The first-order valence-corrected chi connectivity index (χ1v) is 17.0. The highest BCUT2D eigenvalue weighted by molar-refractivity contribution is 7.89. The van der Waals surface area contributed by atoms with E-state index in [0.29, 0.717) is 38.3 Å². The van der Waals surface area contributed by atoms with Crippen LogP contribution < -0.4 is 20.5 Å². The molecule has 45 heavy (non-hydrogen) atoms. The summed E-state index contributed by atoms with van der Waals surface area (Å²) in [5.41, 5.74) is 6.16. The number of hydrogen-bond donors (Lipinski definition) is 3. The molecule has 0 aliphatic carbocycles. The van der Waals surface area contributed by atoms with Crippen LogP contribution in [0.2, 0.25) is 0 Å². The topological polar surface area (TPSA) is 159 Å². The van der Waals surface area contributed by atoms with E-state index >= 15 is 0 Å². The Bertz CT molecular complexity index is 1390. The summed E-state index contributed by atoms with van der Waals surface area (Å²) in [5, 5.41) is 14.6. The zero-order valence-corrected chi connectivity index (χ0v) is 26.7. The zero-order valence-electron chi connectivity index (χ0n) is 25.9. The van der Waals surface area contributed by atoms with E-state index in [9.17, 15) is 18.3 Å². The fourth-order valence-corrected chi connectivity index (χ4v) is 7.92. The molecule has 5 rings (SSSR count). The number of carbonyl (C=O) groups is 1. The summed E-state index contributed by atoms with van der Waals surface area (Å²) in [5.74, 6) is 0.452. The average Bonchev–Trinajstić information content (AvgIpc) is 3.65. The van der Waals surface area contributed by atoms with E-state index in [4.69, 9.17) is 29.4 Å². The number of carbonyl (C=O) groups excluding carboxylic acids is 1. The molecule has 5 atom stereocenters. The van der Waals surface area contributed by atoms with Crippen molar-refractivity contribution in [2.24, 2.45) is 17.1 Å². The van der Waals surface area contributed by atoms with Gasteiger partial charge in [0.2, 0.25) is 10.0 Å². The molecular formula is C32H45N3O9S. The maximum atomic E-state index is 14.3. The number of aliphatic hydroxyl groups is 1. The van der Waals surface area contributed by atoms with Gasteiger partial charge in [-0.2, -0.15) is 4.31 Å². The van der Waals surface area contributed by atoms with E-state index in [0.717, 1.165) is 12.0 Å². The number of nitrogens with two attached hydrogens (primary N) is 1. The number of ether oxygens (including phenoxy) is 5. The number of para-hydroxylation sites is 1. The summed E-state index contributed by atoms with van der Waals surface area (Å²) in [6.45, 7) is 5.53. The van der Waals surface area contributed by atoms with Gasteiger partial charge in [-0.05, 0) is 55.3 Å². The lowest BCUT2D eigenvalue weighted by atomic mass is 9.87. The predicted molar refractivity (Wildman–Crippen MR) is 165 cm³/mol. The maximum absolute atomic E-state index is 14.3. The summed E-state index contributed by atoms with van der Waals surface area (Å²) < 4.78 is 58.3. The lowest BCUT2D eigenvalue weighted by molar-refractivity contribution is -0.0907. The van der Waals surface area contributed by atoms with Crippen molar-refractivity contribution < 1.29 is 42.0 Å². The van der Waals surface area contributed by atoms with Crippen LogP contribution in [-0.2, 0) is 30.7 Å². The van der Waals surface area contributed by atoms with Crippen LogP contribution in [0.3, 0.4) is 0 Å². The van der Waals surface area contributed by atoms with Gasteiger partial charge in [-0.3, -0.25) is 0 Å². The van der Waals surface area contributed by atoms with E-state index in [-0.39, 0.29) is 55.6 Å². The van der Waals surface area contributed by atoms with Gasteiger partial charge in [-0.15, -0.1) is 0 Å². The number of sulfonamides is 1. The molecule has 1 amide bonds. The highest BCUT2D eigenvalue weighted by Crippen LogP contribution is 2.39. The Morgan fingerprint density at radius 3 is 2.67 bits per heavy atom. The van der Waals surface area contributed by atoms with Crippen LogP contribution in [0.25, 0.3) is 0 Å². The Kier molecular flexibility index (Phi) is 10.9. The summed E-state index contributed by atoms with van der Waals surface area (Å²) >= 11 is 0. The van der Waals surface area contributed by atoms with E-state index < -0.39 is 39.8 Å². The van der Waals surface area contributed by atoms with Crippen molar-refractivity contribution in [3.8, 4) is 11.5 Å². The van der Waals surface area contributed by atoms with E-state index in [1.165, 1.54) is 10.4 Å². The zero-order chi connectivity index (χ0) is 32.0. The number of amides is 1. The lowest BCUT2D eigenvalue weighted by Gasteiger charge is -2.35. The number of benzene rings is 2. The molecule has 3 aliphatic rings. The van der Waals surface area contributed by atoms with Crippen LogP contribution in [0.5, 0.6) is 11.5 Å². The SMILES string of the molecule is CC(C)(CCCN)CN(C[C@@H](O)[C@H](Cc1ccccc1)NC(=O)O[C@H]1CO[C@H]2OCC[C@H]21)S(=O)(=O)c1cccc2c1OCCO2. The van der Waals surface area contributed by atoms with E-state index in [1.54, 1.807) is 12.1 Å². The summed E-state index contributed by atoms with van der Waals surface area (Å²) in [6.07, 6.45) is -0.506. The third-order valence-electron chi connectivity index (χ3n) is 8.51. The molecule has 2 saturated heterocycles. The second kappa shape index (κ2) is 14.7. The van der Waals surface area contributed by atoms with Gasteiger partial charge in [0.15, 0.2) is 17.8 Å². The van der Waals surface area contributed by atoms with Gasteiger partial charge < -0.3 is 39.8 Å². The molecule has 2 aromatic carbocycles. The first-order valence-electron chi connectivity index (χ1n) is 15.6. The predicted octanol–water partition coefficient (Wildman–Crippen LogP) is 2.67. The number of nitrogens with zero attached hydrogens (tertiary/aromatic N) is 1. The molecule has 3 aliphatic heterocycles. The molecule has 2 fully saturated rings. The summed E-state index contributed by atoms with van der Waals surface area (Å²) in [4.78, 5) is 13.2. The molecule has 0 spiro atoms. The highest BCUT2D eigenvalue weighted by Gasteiger charge is 2.44. The van der Waals surface area contributed by atoms with Gasteiger partial charge in [0, 0.05) is 13.1 Å². The molecule has 12 nitrogen and oxygen atoms in total. The minimum Gasteiger partial charge on any atom is -0.486 e. The Morgan fingerprint density at radius 1 is 1.11 bits per heavy atom. The van der Waals surface area contributed by atoms with Gasteiger partial charge in [-0.1, -0.05) is 50.2 Å². The molecule has 13 heteroatoms. The van der Waals surface area contributed by atoms with Crippen LogP contribution in [0, 0.1) is 11.3 Å². The number of fused-ring (bicyclic) bond motifs is 2. The number of rotatable bonds is 14. The van der Waals surface area contributed by atoms with Gasteiger partial charge >= 0.3 is 6.09 Å². The number of aliphatic hydroxyl groups excluding tert-OH is 1. The largest absolute Gasteiger partial charge is 0.486 e. The van der Waals surface area contributed by atoms with Crippen LogP contribution in [0.1, 0.15) is 38.7 Å². The van der Waals surface area contributed by atoms with E-state index in [2.05, 4.69) is 5.32 Å². The van der Waals surface area contributed by atoms with E-state index in [1.807, 2.05) is 44.2 Å². The molecule has 0 radical (unpaired) electrons. The summed E-state index contributed by atoms with van der Waals surface area (Å²) in [6, 6.07) is 13.3. The lowest BCUT2D eigenvalue weighted by Crippen LogP contribution is -2.52. The molecule has 0 saturated carbocycles. The van der Waals surface area contributed by atoms with Crippen molar-refractivity contribution in [3.63, 3.8) is 0 Å². The molecule has 0 unspecified atom stereocenters. The Morgan fingerprint density at radius 2 is 1.89 bits per heavy atom. The molecule has 3 heterocycles. The van der Waals surface area contributed by atoms with Gasteiger partial charge in [0.05, 0.1) is 31.3 Å². The fraction of sp³-hybridized carbons (Fsp3) is 0.594. The number of hydrogen-bond acceptors (Lipinski definition) is 10. The molecule has 4 N–H and O–H groups in total. The average molecular weight is 648 g/mol. The molecular weight excluding hydrogens is 602 g/mol. The van der Waals surface area contributed by atoms with Crippen LogP contribution in [0.15, 0.2) is 53.4 Å². The third kappa shape index (κ3) is 8.27. The Labute approximate surface area is 265 Å². The van der Waals surface area contributed by atoms with Crippen molar-refractivity contribution in [1.29, 1.82) is 0 Å². The summed E-state index contributed by atoms with van der Waals surface area (Å²) in [7, 11) is -4.20. The third-order valence-corrected chi connectivity index (χ3v) is 10.3. The Balaban J connectivity index is 1.40. The minimum atomic E-state index is -4.20. The fourth-order valence-electron chi connectivity index (χ4n) is 6.13. The Hall–Kier alpha value is -2.94. The van der Waals surface area contributed by atoms with Crippen molar-refractivity contribution in [2.75, 3.05) is 46.1 Å². The first kappa shape index (κ1) is 33.4. The quantitative estimate of drug-likeness (QED) is 0.278. The van der Waals surface area contributed by atoms with Gasteiger partial charge in [-0.25, -0.2) is 13.2 Å². The van der Waals surface area contributed by atoms with Crippen LogP contribution >= 0.6 is 0 Å².